The van der Waals surface area contributed by atoms with Crippen LogP contribution < -0.4 is 0 Å². The van der Waals surface area contributed by atoms with Gasteiger partial charge in [-0.05, 0) is 74.6 Å². The molecule has 0 saturated carbocycles. The molecule has 396 valence electrons. The molecular formula is C47H70N6O18. The Hall–Kier alpha value is -5.15. The fraction of sp³-hybridized carbons (Fsp3) is 0.766. The second-order valence-electron chi connectivity index (χ2n) is 17.7. The topological polar surface area (TPSA) is 330 Å². The molecule has 4 fully saturated rings. The predicted molar refractivity (Wildman–Crippen MR) is 243 cm³/mol. The first-order valence-electron chi connectivity index (χ1n) is 23.5. The van der Waals surface area contributed by atoms with Gasteiger partial charge in [-0.25, -0.2) is 4.79 Å². The summed E-state index contributed by atoms with van der Waals surface area (Å²) in [5.41, 5.74) is 18.3. The lowest BCUT2D eigenvalue weighted by molar-refractivity contribution is -0.327. The van der Waals surface area contributed by atoms with Crippen LogP contribution in [0.3, 0.4) is 0 Å². The van der Waals surface area contributed by atoms with E-state index in [0.29, 0.717) is 12.0 Å². The van der Waals surface area contributed by atoms with Gasteiger partial charge in [-0.15, -0.1) is 0 Å². The van der Waals surface area contributed by atoms with E-state index < -0.39 is 91.7 Å². The van der Waals surface area contributed by atoms with E-state index in [2.05, 4.69) is 20.1 Å². The van der Waals surface area contributed by atoms with E-state index in [0.717, 1.165) is 6.42 Å². The minimum absolute atomic E-state index is 0.0361. The maximum absolute atomic E-state index is 13.1. The maximum atomic E-state index is 13.1. The second-order valence-corrected chi connectivity index (χ2v) is 17.7. The number of ketones is 1. The average Bonchev–Trinajstić information content (AvgIpc) is 3.35. The van der Waals surface area contributed by atoms with E-state index in [1.165, 1.54) is 14.0 Å². The normalized spacial score (nSPS) is 36.2. The van der Waals surface area contributed by atoms with Gasteiger partial charge in [0.1, 0.15) is 11.9 Å². The number of carbonyl (C=O) groups excluding carboxylic acids is 7. The van der Waals surface area contributed by atoms with Gasteiger partial charge in [-0.2, -0.15) is 19.2 Å². The number of ether oxygens (including phenoxy) is 10. The van der Waals surface area contributed by atoms with E-state index >= 15 is 0 Å². The first-order valence-corrected chi connectivity index (χ1v) is 23.5. The Bertz CT molecular complexity index is 1970. The number of aliphatic hydroxyl groups excluding tert-OH is 1. The van der Waals surface area contributed by atoms with Gasteiger partial charge in [-0.3, -0.25) is 4.79 Å². The van der Waals surface area contributed by atoms with Crippen molar-refractivity contribution in [3.05, 3.63) is 56.8 Å². The zero-order valence-corrected chi connectivity index (χ0v) is 42.3. The number of hydrogen-bond acceptors (Lipinski definition) is 20. The molecule has 1 N–H and O–H groups in total. The summed E-state index contributed by atoms with van der Waals surface area (Å²) in [5.74, 6) is -2.10. The SMILES string of the molecule is CCC1O[C@H](OC)C(N=[N+]=[N-])[C@@H](C)[C@@H]1O[C@H]1OC(C)[C@@H](O)[C@H](C)C1C.CCC1O[C@H](OC)C(N=[N+]=[N-])[C@@H](C)[C@@H]1O[C@H]1OC(C)[C@@H](OC(=O)CCC(C)=O)[C@H](C)C1OC(=O)c1ccccc1.O=C=O.O=C=O. The van der Waals surface area contributed by atoms with E-state index in [1.54, 1.807) is 51.3 Å². The highest BCUT2D eigenvalue weighted by atomic mass is 16.7. The summed E-state index contributed by atoms with van der Waals surface area (Å²) < 4.78 is 59.4. The lowest BCUT2D eigenvalue weighted by Crippen LogP contribution is -2.60. The Morgan fingerprint density at radius 3 is 1.52 bits per heavy atom. The minimum Gasteiger partial charge on any atom is -0.459 e. The first-order chi connectivity index (χ1) is 33.8. The van der Waals surface area contributed by atoms with Crippen molar-refractivity contribution in [3.63, 3.8) is 0 Å². The van der Waals surface area contributed by atoms with Crippen molar-refractivity contribution in [1.82, 2.24) is 0 Å². The Morgan fingerprint density at radius 2 is 1.08 bits per heavy atom. The summed E-state index contributed by atoms with van der Waals surface area (Å²) in [6.07, 6.45) is -5.61. The standard InChI is InChI=1S/C28H39N3O9.C17H31N3O5.2CO2/c1-7-20-24(16(3)22(30-31-29)27(35-6)37-20)40-28-25(39-26(34)19-11-9-8-10-12-19)17(4)23(18(5)36-28)38-21(33)14-13-15(2)32;1-7-12-15(10(4)13(19-20-18)17(22-6)24-12)25-16-9(3)8(2)14(21)11(5)23-16;2*2-1-3/h8-12,16-18,20,22-25,27-28H,7,13-14H2,1-6H3;8-17,21H,7H2,1-6H3;;/t16-,17+,18?,20?,22?,23+,24+,25?,27+,28-;8-,9?,10-,11?,12?,13?,14+,15+,16-,17+;;/m11../s1. The van der Waals surface area contributed by atoms with E-state index in [4.69, 9.17) is 77.6 Å². The highest BCUT2D eigenvalue weighted by Crippen LogP contribution is 2.39. The van der Waals surface area contributed by atoms with Gasteiger partial charge in [-0.1, -0.05) is 76.9 Å². The molecule has 71 heavy (non-hydrogen) atoms. The van der Waals surface area contributed by atoms with Crippen molar-refractivity contribution < 1.29 is 86.0 Å². The van der Waals surface area contributed by atoms with Crippen LogP contribution in [-0.4, -0.2) is 142 Å². The third-order valence-corrected chi connectivity index (χ3v) is 13.2. The largest absolute Gasteiger partial charge is 0.459 e. The summed E-state index contributed by atoms with van der Waals surface area (Å²) in [7, 11) is 3.03. The smallest absolute Gasteiger partial charge is 0.373 e. The average molecular weight is 1010 g/mol. The number of azide groups is 2. The quantitative estimate of drug-likeness (QED) is 0.0854. The molecule has 0 amide bonds. The van der Waals surface area contributed by atoms with Crippen molar-refractivity contribution in [1.29, 1.82) is 0 Å². The van der Waals surface area contributed by atoms with Crippen LogP contribution in [0.25, 0.3) is 20.9 Å². The van der Waals surface area contributed by atoms with Gasteiger partial charge in [0.05, 0.1) is 66.8 Å². The Kier molecular flexibility index (Phi) is 27.4. The van der Waals surface area contributed by atoms with Crippen LogP contribution in [0, 0.1) is 29.6 Å². The van der Waals surface area contributed by atoms with Crippen LogP contribution in [-0.2, 0) is 76.1 Å². The Morgan fingerprint density at radius 1 is 0.620 bits per heavy atom. The number of esters is 2. The van der Waals surface area contributed by atoms with Crippen LogP contribution in [0.2, 0.25) is 0 Å². The maximum Gasteiger partial charge on any atom is 0.373 e. The summed E-state index contributed by atoms with van der Waals surface area (Å²) in [6, 6.07) is 7.37. The number of aliphatic hydroxyl groups is 1. The molecule has 24 heteroatoms. The van der Waals surface area contributed by atoms with Crippen LogP contribution in [0.15, 0.2) is 40.6 Å². The van der Waals surface area contributed by atoms with E-state index in [9.17, 15) is 19.5 Å². The number of Topliss-reactive ketones (excluding diaryl/α,β-unsaturated/α-hetero) is 1. The third kappa shape index (κ3) is 17.3. The molecule has 5 rings (SSSR count). The van der Waals surface area contributed by atoms with Crippen LogP contribution >= 0.6 is 0 Å². The molecule has 1 aromatic rings. The molecule has 0 radical (unpaired) electrons. The van der Waals surface area contributed by atoms with Gasteiger partial charge in [0, 0.05) is 42.3 Å². The molecule has 4 aliphatic rings. The summed E-state index contributed by atoms with van der Waals surface area (Å²) >= 11 is 0. The predicted octanol–water partition coefficient (Wildman–Crippen LogP) is 6.03. The van der Waals surface area contributed by atoms with E-state index in [1.807, 2.05) is 48.5 Å². The van der Waals surface area contributed by atoms with Crippen molar-refractivity contribution >= 4 is 30.0 Å². The number of hydrogen-bond donors (Lipinski definition) is 1. The Balaban J connectivity index is 0.000000475. The first kappa shape index (κ1) is 62.0. The zero-order chi connectivity index (χ0) is 53.5. The van der Waals surface area contributed by atoms with Crippen LogP contribution in [0.4, 0.5) is 0 Å². The van der Waals surface area contributed by atoms with Crippen molar-refractivity contribution in [3.8, 4) is 0 Å². The third-order valence-electron chi connectivity index (χ3n) is 13.2. The van der Waals surface area contributed by atoms with Crippen LogP contribution in [0.5, 0.6) is 0 Å². The summed E-state index contributed by atoms with van der Waals surface area (Å²) in [6.45, 7) is 18.6. The van der Waals surface area contributed by atoms with Gasteiger partial charge < -0.3 is 57.3 Å². The molecule has 0 bridgehead atoms. The van der Waals surface area contributed by atoms with Crippen LogP contribution in [0.1, 0.15) is 105 Å². The van der Waals surface area contributed by atoms with Gasteiger partial charge >= 0.3 is 24.2 Å². The summed E-state index contributed by atoms with van der Waals surface area (Å²) in [5, 5.41) is 17.9. The second kappa shape index (κ2) is 31.3. The molecule has 1 aromatic carbocycles. The fourth-order valence-electron chi connectivity index (χ4n) is 8.96. The van der Waals surface area contributed by atoms with Crippen molar-refractivity contribution in [2.24, 2.45) is 39.8 Å². The molecule has 0 aromatic heterocycles. The molecule has 4 aliphatic heterocycles. The lowest BCUT2D eigenvalue weighted by atomic mass is 9.84. The van der Waals surface area contributed by atoms with Gasteiger partial charge in [0.2, 0.25) is 0 Å². The Labute approximate surface area is 413 Å². The molecule has 24 nitrogen and oxygen atoms in total. The number of methoxy groups -OCH3 is 2. The molecule has 20 atom stereocenters. The number of nitrogens with zero attached hydrogens (tertiary/aromatic N) is 6. The molecule has 8 unspecified atom stereocenters. The van der Waals surface area contributed by atoms with Gasteiger partial charge in [0.15, 0.2) is 31.3 Å². The highest BCUT2D eigenvalue weighted by Gasteiger charge is 2.52. The van der Waals surface area contributed by atoms with Gasteiger partial charge in [0.25, 0.3) is 0 Å². The zero-order valence-electron chi connectivity index (χ0n) is 42.3. The number of carbonyl (C=O) groups is 3. The number of rotatable bonds is 16. The molecule has 0 spiro atoms. The monoisotopic (exact) mass is 1010 g/mol. The van der Waals surface area contributed by atoms with Crippen molar-refractivity contribution in [2.75, 3.05) is 14.2 Å². The molecule has 4 saturated heterocycles. The lowest BCUT2D eigenvalue weighted by Gasteiger charge is -2.48. The number of benzene rings is 1. The fourth-order valence-corrected chi connectivity index (χ4v) is 8.96. The highest BCUT2D eigenvalue weighted by molar-refractivity contribution is 5.89. The van der Waals surface area contributed by atoms with E-state index in [-0.39, 0.29) is 72.9 Å². The minimum atomic E-state index is -1.04. The molecule has 4 heterocycles. The molecular weight excluding hydrogens is 937 g/mol. The molecule has 0 aliphatic carbocycles. The summed E-state index contributed by atoms with van der Waals surface area (Å²) in [4.78, 5) is 75.3. The van der Waals surface area contributed by atoms with Crippen molar-refractivity contribution in [2.45, 2.75) is 187 Å².